The van der Waals surface area contributed by atoms with Crippen LogP contribution in [0.25, 0.3) is 0 Å². The van der Waals surface area contributed by atoms with Crippen molar-refractivity contribution >= 4 is 5.78 Å². The van der Waals surface area contributed by atoms with Gasteiger partial charge in [0.25, 0.3) is 0 Å². The van der Waals surface area contributed by atoms with E-state index in [-0.39, 0.29) is 5.78 Å². The number of ketones is 1. The molecular formula is C18H20O5. The third-order valence-electron chi connectivity index (χ3n) is 3.41. The molecule has 0 aromatic heterocycles. The third kappa shape index (κ3) is 3.74. The van der Waals surface area contributed by atoms with E-state index in [0.717, 1.165) is 0 Å². The minimum absolute atomic E-state index is 0.156. The number of ether oxygens (including phenoxy) is 4. The van der Waals surface area contributed by atoms with Gasteiger partial charge in [0.05, 0.1) is 21.3 Å². The number of carbonyl (C=O) groups is 1. The van der Waals surface area contributed by atoms with E-state index < -0.39 is 6.10 Å². The Balaban J connectivity index is 2.19. The summed E-state index contributed by atoms with van der Waals surface area (Å²) in [6, 6.07) is 12.2. The third-order valence-corrected chi connectivity index (χ3v) is 3.41. The quantitative estimate of drug-likeness (QED) is 0.733. The Hall–Kier alpha value is -2.69. The van der Waals surface area contributed by atoms with Crippen LogP contribution >= 0.6 is 0 Å². The highest BCUT2D eigenvalue weighted by molar-refractivity contribution is 6.00. The van der Waals surface area contributed by atoms with Crippen LogP contribution in [0.5, 0.6) is 23.0 Å². The van der Waals surface area contributed by atoms with Gasteiger partial charge in [0, 0.05) is 5.56 Å². The number of rotatable bonds is 7. The first-order valence-corrected chi connectivity index (χ1v) is 7.16. The lowest BCUT2D eigenvalue weighted by molar-refractivity contribution is 0.0813. The summed E-state index contributed by atoms with van der Waals surface area (Å²) in [5.74, 6) is 2.03. The molecule has 0 saturated heterocycles. The van der Waals surface area contributed by atoms with E-state index >= 15 is 0 Å². The number of Topliss-reactive ketones (excluding diaryl/α,β-unsaturated/α-hetero) is 1. The largest absolute Gasteiger partial charge is 0.493 e. The maximum absolute atomic E-state index is 12.6. The Morgan fingerprint density at radius 2 is 1.39 bits per heavy atom. The predicted molar refractivity (Wildman–Crippen MR) is 87.0 cm³/mol. The van der Waals surface area contributed by atoms with Gasteiger partial charge < -0.3 is 18.9 Å². The maximum Gasteiger partial charge on any atom is 0.203 e. The summed E-state index contributed by atoms with van der Waals surface area (Å²) < 4.78 is 21.4. The van der Waals surface area contributed by atoms with Crippen molar-refractivity contribution in [3.8, 4) is 23.0 Å². The average Bonchev–Trinajstić information content (AvgIpc) is 2.60. The van der Waals surface area contributed by atoms with Gasteiger partial charge in [0.15, 0.2) is 29.1 Å². The summed E-state index contributed by atoms with van der Waals surface area (Å²) in [7, 11) is 4.64. The Morgan fingerprint density at radius 1 is 0.826 bits per heavy atom. The molecule has 2 aromatic rings. The molecule has 0 spiro atoms. The second-order valence-corrected chi connectivity index (χ2v) is 4.84. The number of para-hydroxylation sites is 2. The van der Waals surface area contributed by atoms with Crippen LogP contribution in [-0.4, -0.2) is 33.2 Å². The first-order valence-electron chi connectivity index (χ1n) is 7.16. The van der Waals surface area contributed by atoms with Crippen molar-refractivity contribution in [3.05, 3.63) is 48.0 Å². The molecule has 0 unspecified atom stereocenters. The van der Waals surface area contributed by atoms with Crippen LogP contribution in [-0.2, 0) is 0 Å². The molecule has 0 amide bonds. The molecule has 0 heterocycles. The normalized spacial score (nSPS) is 11.5. The topological polar surface area (TPSA) is 54.0 Å². The van der Waals surface area contributed by atoms with Crippen LogP contribution in [0, 0.1) is 0 Å². The van der Waals surface area contributed by atoms with Crippen molar-refractivity contribution < 1.29 is 23.7 Å². The van der Waals surface area contributed by atoms with Crippen LogP contribution in [0.1, 0.15) is 17.3 Å². The minimum Gasteiger partial charge on any atom is -0.493 e. The van der Waals surface area contributed by atoms with Crippen molar-refractivity contribution in [1.29, 1.82) is 0 Å². The van der Waals surface area contributed by atoms with Gasteiger partial charge in [-0.25, -0.2) is 0 Å². The number of hydrogen-bond donors (Lipinski definition) is 0. The molecule has 0 fully saturated rings. The van der Waals surface area contributed by atoms with Gasteiger partial charge in [0.1, 0.15) is 0 Å². The predicted octanol–water partition coefficient (Wildman–Crippen LogP) is 3.36. The number of benzene rings is 2. The van der Waals surface area contributed by atoms with Crippen LogP contribution in [0.2, 0.25) is 0 Å². The lowest BCUT2D eigenvalue weighted by Crippen LogP contribution is -2.24. The van der Waals surface area contributed by atoms with E-state index in [1.807, 2.05) is 12.1 Å². The maximum atomic E-state index is 12.6. The first-order chi connectivity index (χ1) is 11.1. The molecule has 0 saturated carbocycles. The van der Waals surface area contributed by atoms with Crippen LogP contribution in [0.15, 0.2) is 42.5 Å². The highest BCUT2D eigenvalue weighted by Gasteiger charge is 2.20. The van der Waals surface area contributed by atoms with Crippen molar-refractivity contribution in [1.82, 2.24) is 0 Å². The monoisotopic (exact) mass is 316 g/mol. The van der Waals surface area contributed by atoms with Gasteiger partial charge in [-0.15, -0.1) is 0 Å². The van der Waals surface area contributed by atoms with E-state index in [1.54, 1.807) is 51.5 Å². The Morgan fingerprint density at radius 3 is 2.00 bits per heavy atom. The molecular weight excluding hydrogens is 296 g/mol. The Labute approximate surface area is 135 Å². The van der Waals surface area contributed by atoms with Gasteiger partial charge >= 0.3 is 0 Å². The zero-order chi connectivity index (χ0) is 16.8. The zero-order valence-electron chi connectivity index (χ0n) is 13.7. The molecule has 5 heteroatoms. The SMILES string of the molecule is COc1ccc(C(=O)[C@H](C)Oc2ccccc2OC)cc1OC. The summed E-state index contributed by atoms with van der Waals surface area (Å²) in [4.78, 5) is 12.6. The lowest BCUT2D eigenvalue weighted by Gasteiger charge is -2.16. The molecule has 2 rings (SSSR count). The fraction of sp³-hybridized carbons (Fsp3) is 0.278. The van der Waals surface area contributed by atoms with Gasteiger partial charge in [-0.2, -0.15) is 0 Å². The number of methoxy groups -OCH3 is 3. The second kappa shape index (κ2) is 7.54. The Bertz CT molecular complexity index is 681. The van der Waals surface area contributed by atoms with E-state index in [2.05, 4.69) is 0 Å². The second-order valence-electron chi connectivity index (χ2n) is 4.84. The molecule has 0 bridgehead atoms. The first kappa shape index (κ1) is 16.7. The van der Waals surface area contributed by atoms with Crippen molar-refractivity contribution in [2.24, 2.45) is 0 Å². The molecule has 0 aliphatic carbocycles. The van der Waals surface area contributed by atoms with Crippen molar-refractivity contribution in [2.75, 3.05) is 21.3 Å². The summed E-state index contributed by atoms with van der Waals surface area (Å²) in [5.41, 5.74) is 0.491. The van der Waals surface area contributed by atoms with E-state index in [0.29, 0.717) is 28.6 Å². The van der Waals surface area contributed by atoms with Crippen LogP contribution < -0.4 is 18.9 Å². The molecule has 0 aliphatic heterocycles. The van der Waals surface area contributed by atoms with Gasteiger partial charge in [0.2, 0.25) is 5.78 Å². The summed E-state index contributed by atoms with van der Waals surface area (Å²) in [6.07, 6.45) is -0.663. The molecule has 122 valence electrons. The lowest BCUT2D eigenvalue weighted by atomic mass is 10.1. The molecule has 0 radical (unpaired) electrons. The van der Waals surface area contributed by atoms with E-state index in [9.17, 15) is 4.79 Å². The summed E-state index contributed by atoms with van der Waals surface area (Å²) in [6.45, 7) is 1.70. The standard InChI is InChI=1S/C18H20O5/c1-12(23-16-8-6-5-7-14(16)20-2)18(19)13-9-10-15(21-3)17(11-13)22-4/h5-12H,1-4H3/t12-/m0/s1. The molecule has 0 N–H and O–H groups in total. The number of hydrogen-bond acceptors (Lipinski definition) is 5. The molecule has 2 aromatic carbocycles. The molecule has 0 aliphatic rings. The van der Waals surface area contributed by atoms with E-state index in [1.165, 1.54) is 7.11 Å². The highest BCUT2D eigenvalue weighted by Crippen LogP contribution is 2.30. The average molecular weight is 316 g/mol. The fourth-order valence-corrected chi connectivity index (χ4v) is 2.18. The smallest absolute Gasteiger partial charge is 0.203 e. The zero-order valence-corrected chi connectivity index (χ0v) is 13.7. The molecule has 5 nitrogen and oxygen atoms in total. The highest BCUT2D eigenvalue weighted by atomic mass is 16.5. The van der Waals surface area contributed by atoms with Gasteiger partial charge in [-0.05, 0) is 37.3 Å². The van der Waals surface area contributed by atoms with Gasteiger partial charge in [-0.1, -0.05) is 12.1 Å². The Kier molecular flexibility index (Phi) is 5.46. The fourth-order valence-electron chi connectivity index (χ4n) is 2.18. The minimum atomic E-state index is -0.663. The van der Waals surface area contributed by atoms with Crippen molar-refractivity contribution in [2.45, 2.75) is 13.0 Å². The van der Waals surface area contributed by atoms with Gasteiger partial charge in [-0.3, -0.25) is 4.79 Å². The van der Waals surface area contributed by atoms with Crippen LogP contribution in [0.4, 0.5) is 0 Å². The number of carbonyl (C=O) groups excluding carboxylic acids is 1. The van der Waals surface area contributed by atoms with Crippen LogP contribution in [0.3, 0.4) is 0 Å². The van der Waals surface area contributed by atoms with E-state index in [4.69, 9.17) is 18.9 Å². The van der Waals surface area contributed by atoms with Crippen molar-refractivity contribution in [3.63, 3.8) is 0 Å². The molecule has 23 heavy (non-hydrogen) atoms. The molecule has 1 atom stereocenters. The summed E-state index contributed by atoms with van der Waals surface area (Å²) in [5, 5.41) is 0. The summed E-state index contributed by atoms with van der Waals surface area (Å²) >= 11 is 0.